The average Bonchev–Trinajstić information content (AvgIpc) is 3.00. The van der Waals surface area contributed by atoms with E-state index >= 15 is 0 Å². The summed E-state index contributed by atoms with van der Waals surface area (Å²) in [5.41, 5.74) is 2.94. The predicted octanol–water partition coefficient (Wildman–Crippen LogP) is 7.80. The lowest BCUT2D eigenvalue weighted by Gasteiger charge is -2.39. The molecule has 0 N–H and O–H groups in total. The van der Waals surface area contributed by atoms with E-state index in [1.165, 1.54) is 6.20 Å². The van der Waals surface area contributed by atoms with Gasteiger partial charge in [-0.3, -0.25) is 9.13 Å². The SMILES string of the molecule is CC(C)c1cccc(C(C)C)c1-n1c(Cl)cnc1C(=O)OP(=O)(C(C)(C)C)C(C)(C)C. The quantitative estimate of drug-likeness (QED) is 0.421. The molecule has 0 atom stereocenters. The van der Waals surface area contributed by atoms with Crippen molar-refractivity contribution in [3.8, 4) is 5.69 Å². The van der Waals surface area contributed by atoms with Gasteiger partial charge in [-0.2, -0.15) is 0 Å². The van der Waals surface area contributed by atoms with Crippen molar-refractivity contribution in [1.29, 1.82) is 0 Å². The van der Waals surface area contributed by atoms with Crippen LogP contribution < -0.4 is 0 Å². The van der Waals surface area contributed by atoms with Crippen LogP contribution >= 0.6 is 19.0 Å². The van der Waals surface area contributed by atoms with E-state index in [1.807, 2.05) is 59.7 Å². The minimum Gasteiger partial charge on any atom is -0.405 e. The number of rotatable bonds is 5. The molecule has 0 aliphatic heterocycles. The van der Waals surface area contributed by atoms with Gasteiger partial charge in [-0.15, -0.1) is 0 Å². The Morgan fingerprint density at radius 3 is 1.84 bits per heavy atom. The van der Waals surface area contributed by atoms with E-state index in [-0.39, 0.29) is 17.7 Å². The summed E-state index contributed by atoms with van der Waals surface area (Å²) in [7, 11) is -3.42. The second kappa shape index (κ2) is 8.75. The molecule has 31 heavy (non-hydrogen) atoms. The second-order valence-electron chi connectivity index (χ2n) is 10.6. The number of imidazole rings is 1. The van der Waals surface area contributed by atoms with Crippen LogP contribution in [-0.4, -0.2) is 25.8 Å². The molecular formula is C24H36ClN2O3P. The van der Waals surface area contributed by atoms with Crippen molar-refractivity contribution >= 4 is 24.9 Å². The van der Waals surface area contributed by atoms with Crippen molar-refractivity contribution < 1.29 is 13.9 Å². The zero-order chi connectivity index (χ0) is 23.9. The summed E-state index contributed by atoms with van der Waals surface area (Å²) in [5.74, 6) is -0.292. The molecule has 0 radical (unpaired) electrons. The van der Waals surface area contributed by atoms with Gasteiger partial charge in [0.1, 0.15) is 5.15 Å². The number of hydrogen-bond acceptors (Lipinski definition) is 4. The maximum Gasteiger partial charge on any atom is 0.380 e. The molecule has 172 valence electrons. The van der Waals surface area contributed by atoms with Crippen molar-refractivity contribution in [3.63, 3.8) is 0 Å². The van der Waals surface area contributed by atoms with Gasteiger partial charge in [-0.1, -0.05) is 99.0 Å². The van der Waals surface area contributed by atoms with E-state index in [2.05, 4.69) is 32.7 Å². The number of benzene rings is 1. The van der Waals surface area contributed by atoms with E-state index in [0.29, 0.717) is 5.15 Å². The Balaban J connectivity index is 2.72. The number of carbonyl (C=O) groups is 1. The molecule has 0 saturated carbocycles. The number of aromatic nitrogens is 2. The molecule has 0 fully saturated rings. The van der Waals surface area contributed by atoms with Crippen molar-refractivity contribution in [2.45, 2.75) is 91.4 Å². The fourth-order valence-corrected chi connectivity index (χ4v) is 6.98. The first kappa shape index (κ1) is 25.7. The Morgan fingerprint density at radius 1 is 1.00 bits per heavy atom. The molecular weight excluding hydrogens is 431 g/mol. The highest BCUT2D eigenvalue weighted by atomic mass is 35.5. The normalized spacial score (nSPS) is 13.2. The van der Waals surface area contributed by atoms with E-state index in [0.717, 1.165) is 16.8 Å². The van der Waals surface area contributed by atoms with Crippen molar-refractivity contribution in [2.24, 2.45) is 0 Å². The van der Waals surface area contributed by atoms with E-state index < -0.39 is 23.7 Å². The third-order valence-electron chi connectivity index (χ3n) is 5.45. The van der Waals surface area contributed by atoms with Gasteiger partial charge in [0.05, 0.1) is 11.9 Å². The molecule has 1 aromatic heterocycles. The lowest BCUT2D eigenvalue weighted by molar-refractivity contribution is 0.0712. The Labute approximate surface area is 192 Å². The van der Waals surface area contributed by atoms with Crippen LogP contribution in [0, 0.1) is 0 Å². The van der Waals surface area contributed by atoms with E-state index in [9.17, 15) is 9.36 Å². The van der Waals surface area contributed by atoms with Gasteiger partial charge in [-0.25, -0.2) is 9.78 Å². The van der Waals surface area contributed by atoms with Crippen molar-refractivity contribution in [2.75, 3.05) is 0 Å². The monoisotopic (exact) mass is 466 g/mol. The zero-order valence-electron chi connectivity index (χ0n) is 20.4. The molecule has 2 aromatic rings. The molecule has 0 unspecified atom stereocenters. The zero-order valence-corrected chi connectivity index (χ0v) is 22.1. The van der Waals surface area contributed by atoms with Crippen LogP contribution in [0.15, 0.2) is 24.4 Å². The Kier molecular flexibility index (Phi) is 7.25. The molecule has 0 aliphatic carbocycles. The Bertz CT molecular complexity index is 967. The fraction of sp³-hybridized carbons (Fsp3) is 0.583. The maximum atomic E-state index is 13.9. The highest BCUT2D eigenvalue weighted by molar-refractivity contribution is 7.62. The van der Waals surface area contributed by atoms with Crippen molar-refractivity contribution in [1.82, 2.24) is 9.55 Å². The molecule has 5 nitrogen and oxygen atoms in total. The smallest absolute Gasteiger partial charge is 0.380 e. The first-order valence-corrected chi connectivity index (χ1v) is 12.7. The maximum absolute atomic E-state index is 13.9. The number of carbonyl (C=O) groups excluding carboxylic acids is 1. The molecule has 1 aromatic carbocycles. The van der Waals surface area contributed by atoms with Crippen LogP contribution in [0.25, 0.3) is 5.69 Å². The van der Waals surface area contributed by atoms with Gasteiger partial charge in [0.25, 0.3) is 7.37 Å². The second-order valence-corrected chi connectivity index (χ2v) is 15.0. The van der Waals surface area contributed by atoms with Gasteiger partial charge in [0.2, 0.25) is 5.82 Å². The Hall–Kier alpha value is -1.58. The lowest BCUT2D eigenvalue weighted by atomic mass is 9.92. The molecule has 0 amide bonds. The minimum absolute atomic E-state index is 0.0359. The molecule has 0 bridgehead atoms. The van der Waals surface area contributed by atoms with Gasteiger partial charge in [0, 0.05) is 10.3 Å². The van der Waals surface area contributed by atoms with Crippen LogP contribution in [0.5, 0.6) is 0 Å². The molecule has 2 rings (SSSR count). The summed E-state index contributed by atoms with van der Waals surface area (Å²) in [5, 5.41) is -1.13. The first-order valence-electron chi connectivity index (χ1n) is 10.7. The highest BCUT2D eigenvalue weighted by Crippen LogP contribution is 2.67. The number of para-hydroxylation sites is 1. The number of hydrogen-bond donors (Lipinski definition) is 0. The summed E-state index contributed by atoms with van der Waals surface area (Å²) < 4.78 is 21.4. The summed E-state index contributed by atoms with van der Waals surface area (Å²) in [6.45, 7) is 19.4. The number of nitrogens with zero attached hydrogens (tertiary/aromatic N) is 2. The number of halogens is 1. The largest absolute Gasteiger partial charge is 0.405 e. The molecule has 7 heteroatoms. The minimum atomic E-state index is -3.42. The molecule has 0 aliphatic rings. The van der Waals surface area contributed by atoms with Crippen LogP contribution in [0.4, 0.5) is 0 Å². The summed E-state index contributed by atoms with van der Waals surface area (Å²) >= 11 is 6.55. The van der Waals surface area contributed by atoms with Crippen LogP contribution in [0.3, 0.4) is 0 Å². The summed E-state index contributed by atoms with van der Waals surface area (Å²) in [6, 6.07) is 6.09. The van der Waals surface area contributed by atoms with Gasteiger partial charge >= 0.3 is 5.97 Å². The third-order valence-corrected chi connectivity index (χ3v) is 9.67. The highest BCUT2D eigenvalue weighted by Gasteiger charge is 2.50. The van der Waals surface area contributed by atoms with Crippen LogP contribution in [0.2, 0.25) is 5.15 Å². The topological polar surface area (TPSA) is 61.2 Å². The van der Waals surface area contributed by atoms with E-state index in [1.54, 1.807) is 4.57 Å². The van der Waals surface area contributed by atoms with Gasteiger partial charge in [-0.05, 0) is 23.0 Å². The first-order chi connectivity index (χ1) is 14.0. The van der Waals surface area contributed by atoms with Gasteiger partial charge in [0.15, 0.2) is 0 Å². The van der Waals surface area contributed by atoms with Crippen molar-refractivity contribution in [3.05, 3.63) is 46.5 Å². The third kappa shape index (κ3) is 4.78. The van der Waals surface area contributed by atoms with Gasteiger partial charge < -0.3 is 4.52 Å². The summed E-state index contributed by atoms with van der Waals surface area (Å²) in [6.07, 6.45) is 1.44. The van der Waals surface area contributed by atoms with Crippen LogP contribution in [-0.2, 0) is 9.09 Å². The molecule has 0 saturated heterocycles. The van der Waals surface area contributed by atoms with E-state index in [4.69, 9.17) is 16.1 Å². The fourth-order valence-electron chi connectivity index (χ4n) is 3.90. The average molecular weight is 467 g/mol. The van der Waals surface area contributed by atoms with Crippen LogP contribution in [0.1, 0.15) is 103 Å². The Morgan fingerprint density at radius 2 is 1.45 bits per heavy atom. The summed E-state index contributed by atoms with van der Waals surface area (Å²) in [4.78, 5) is 17.7. The standard InChI is InChI=1S/C24H36ClN2O3P/c1-15(2)17-12-11-13-18(16(3)4)20(17)27-19(25)14-26-21(27)22(28)30-31(29,23(5,6)7)24(8,9)10/h11-16H,1-10H3. The lowest BCUT2D eigenvalue weighted by Crippen LogP contribution is -2.32. The molecule has 1 heterocycles. The predicted molar refractivity (Wildman–Crippen MR) is 129 cm³/mol. The molecule has 0 spiro atoms.